The van der Waals surface area contributed by atoms with Gasteiger partial charge in [0, 0.05) is 11.8 Å². The van der Waals surface area contributed by atoms with Crippen LogP contribution in [-0.2, 0) is 4.79 Å². The van der Waals surface area contributed by atoms with Crippen molar-refractivity contribution >= 4 is 11.7 Å². The van der Waals surface area contributed by atoms with E-state index < -0.39 is 5.91 Å². The van der Waals surface area contributed by atoms with E-state index in [9.17, 15) is 14.3 Å². The van der Waals surface area contributed by atoms with Crippen molar-refractivity contribution in [1.29, 1.82) is 0 Å². The van der Waals surface area contributed by atoms with E-state index in [0.29, 0.717) is 5.56 Å². The van der Waals surface area contributed by atoms with Gasteiger partial charge in [0.1, 0.15) is 5.82 Å². The van der Waals surface area contributed by atoms with Gasteiger partial charge in [0.15, 0.2) is 11.6 Å². The number of benzene rings is 1. The minimum atomic E-state index is -0.552. The zero-order valence-corrected chi connectivity index (χ0v) is 9.93. The summed E-state index contributed by atoms with van der Waals surface area (Å²) < 4.78 is 12.8. The summed E-state index contributed by atoms with van der Waals surface area (Å²) in [6.07, 6.45) is 1.51. The van der Waals surface area contributed by atoms with Crippen LogP contribution in [0.15, 0.2) is 36.5 Å². The quantitative estimate of drug-likeness (QED) is 0.778. The van der Waals surface area contributed by atoms with E-state index in [0.717, 1.165) is 5.56 Å². The predicted molar refractivity (Wildman–Crippen MR) is 69.0 cm³/mol. The van der Waals surface area contributed by atoms with E-state index in [1.807, 2.05) is 0 Å². The second kappa shape index (κ2) is 5.34. The van der Waals surface area contributed by atoms with Crippen LogP contribution < -0.4 is 11.1 Å². The Morgan fingerprint density at radius 3 is 2.58 bits per heavy atom. The van der Waals surface area contributed by atoms with Crippen molar-refractivity contribution < 1.29 is 14.3 Å². The van der Waals surface area contributed by atoms with Crippen LogP contribution in [0.2, 0.25) is 0 Å². The summed E-state index contributed by atoms with van der Waals surface area (Å²) in [5, 5.41) is 12.4. The van der Waals surface area contributed by atoms with E-state index in [4.69, 9.17) is 5.73 Å². The third-order valence-electron chi connectivity index (χ3n) is 2.48. The molecule has 1 aromatic carbocycles. The van der Waals surface area contributed by atoms with Gasteiger partial charge in [-0.05, 0) is 23.8 Å². The Kier molecular flexibility index (Phi) is 3.61. The third-order valence-corrected chi connectivity index (χ3v) is 2.48. The van der Waals surface area contributed by atoms with Gasteiger partial charge >= 0.3 is 0 Å². The maximum atomic E-state index is 12.8. The number of primary amides is 1. The van der Waals surface area contributed by atoms with Crippen LogP contribution in [0.1, 0.15) is 0 Å². The Morgan fingerprint density at radius 1 is 1.32 bits per heavy atom. The van der Waals surface area contributed by atoms with Gasteiger partial charge in [-0.25, -0.2) is 9.37 Å². The third kappa shape index (κ3) is 3.19. The fraction of sp³-hybridized carbons (Fsp3) is 0.0769. The lowest BCUT2D eigenvalue weighted by atomic mass is 10.1. The highest BCUT2D eigenvalue weighted by molar-refractivity contribution is 5.79. The highest BCUT2D eigenvalue weighted by Gasteiger charge is 2.06. The molecule has 98 valence electrons. The molecule has 5 nitrogen and oxygen atoms in total. The smallest absolute Gasteiger partial charge is 0.236 e. The van der Waals surface area contributed by atoms with Crippen LogP contribution in [0.3, 0.4) is 0 Å². The van der Waals surface area contributed by atoms with Gasteiger partial charge < -0.3 is 16.2 Å². The Hall–Kier alpha value is -2.63. The van der Waals surface area contributed by atoms with Crippen molar-refractivity contribution in [3.05, 3.63) is 42.3 Å². The molecule has 0 atom stereocenters. The highest BCUT2D eigenvalue weighted by atomic mass is 19.1. The number of carbonyl (C=O) groups is 1. The first-order valence-corrected chi connectivity index (χ1v) is 5.53. The molecule has 0 aliphatic heterocycles. The van der Waals surface area contributed by atoms with Crippen molar-refractivity contribution in [2.24, 2.45) is 5.73 Å². The molecular formula is C13H12FN3O2. The standard InChI is InChI=1S/C13H12FN3O2/c14-10-3-1-8(2-4-10)9-5-11(18)13(16-6-9)17-7-12(15)19/h1-6,18H,7H2,(H2,15,19)(H,16,17). The Balaban J connectivity index is 2.23. The van der Waals surface area contributed by atoms with Gasteiger partial charge in [0.05, 0.1) is 6.54 Å². The molecule has 19 heavy (non-hydrogen) atoms. The molecule has 1 heterocycles. The van der Waals surface area contributed by atoms with Gasteiger partial charge in [0.2, 0.25) is 5.91 Å². The number of amides is 1. The van der Waals surface area contributed by atoms with Crippen LogP contribution in [0.4, 0.5) is 10.2 Å². The van der Waals surface area contributed by atoms with E-state index in [1.54, 1.807) is 12.1 Å². The Labute approximate surface area is 108 Å². The number of anilines is 1. The molecule has 0 unspecified atom stereocenters. The van der Waals surface area contributed by atoms with Gasteiger partial charge in [-0.1, -0.05) is 12.1 Å². The number of nitrogens with two attached hydrogens (primary N) is 1. The summed E-state index contributed by atoms with van der Waals surface area (Å²) in [6.45, 7) is -0.115. The van der Waals surface area contributed by atoms with Crippen LogP contribution in [0.5, 0.6) is 5.75 Å². The lowest BCUT2D eigenvalue weighted by molar-refractivity contribution is -0.116. The molecule has 6 heteroatoms. The lowest BCUT2D eigenvalue weighted by Gasteiger charge is -2.07. The number of rotatable bonds is 4. The highest BCUT2D eigenvalue weighted by Crippen LogP contribution is 2.27. The van der Waals surface area contributed by atoms with Crippen molar-refractivity contribution in [3.63, 3.8) is 0 Å². The fourth-order valence-corrected chi connectivity index (χ4v) is 1.56. The molecule has 0 saturated heterocycles. The average molecular weight is 261 g/mol. The number of nitrogens with one attached hydrogen (secondary N) is 1. The molecule has 1 amide bonds. The molecule has 0 fully saturated rings. The van der Waals surface area contributed by atoms with E-state index in [2.05, 4.69) is 10.3 Å². The van der Waals surface area contributed by atoms with Crippen LogP contribution in [-0.4, -0.2) is 22.5 Å². The summed E-state index contributed by atoms with van der Waals surface area (Å²) in [4.78, 5) is 14.6. The van der Waals surface area contributed by atoms with Gasteiger partial charge in [-0.2, -0.15) is 0 Å². The SMILES string of the molecule is NC(=O)CNc1ncc(-c2ccc(F)cc2)cc1O. The van der Waals surface area contributed by atoms with E-state index >= 15 is 0 Å². The Bertz CT molecular complexity index is 599. The summed E-state index contributed by atoms with van der Waals surface area (Å²) in [7, 11) is 0. The molecule has 0 radical (unpaired) electrons. The molecule has 2 rings (SSSR count). The molecular weight excluding hydrogens is 249 g/mol. The molecule has 1 aromatic heterocycles. The first-order chi connectivity index (χ1) is 9.06. The Morgan fingerprint density at radius 2 is 2.00 bits per heavy atom. The minimum Gasteiger partial charge on any atom is -0.504 e. The van der Waals surface area contributed by atoms with E-state index in [1.165, 1.54) is 24.4 Å². The van der Waals surface area contributed by atoms with Crippen molar-refractivity contribution in [1.82, 2.24) is 4.98 Å². The number of aromatic nitrogens is 1. The second-order valence-electron chi connectivity index (χ2n) is 3.92. The number of aromatic hydroxyl groups is 1. The maximum absolute atomic E-state index is 12.8. The second-order valence-corrected chi connectivity index (χ2v) is 3.92. The lowest BCUT2D eigenvalue weighted by Crippen LogP contribution is -2.22. The largest absolute Gasteiger partial charge is 0.504 e. The molecule has 0 spiro atoms. The van der Waals surface area contributed by atoms with Crippen LogP contribution >= 0.6 is 0 Å². The number of nitrogens with zero attached hydrogens (tertiary/aromatic N) is 1. The predicted octanol–water partition coefficient (Wildman–Crippen LogP) is 1.49. The van der Waals surface area contributed by atoms with Crippen molar-refractivity contribution in [2.45, 2.75) is 0 Å². The zero-order chi connectivity index (χ0) is 13.8. The number of carbonyl (C=O) groups excluding carboxylic acids is 1. The van der Waals surface area contributed by atoms with Gasteiger partial charge in [-0.3, -0.25) is 4.79 Å². The summed E-state index contributed by atoms with van der Waals surface area (Å²) in [6, 6.07) is 7.30. The summed E-state index contributed by atoms with van der Waals surface area (Å²) >= 11 is 0. The monoisotopic (exact) mass is 261 g/mol. The molecule has 0 aliphatic carbocycles. The van der Waals surface area contributed by atoms with Gasteiger partial charge in [0.25, 0.3) is 0 Å². The first-order valence-electron chi connectivity index (χ1n) is 5.53. The van der Waals surface area contributed by atoms with Crippen molar-refractivity contribution in [3.8, 4) is 16.9 Å². The average Bonchev–Trinajstić information content (AvgIpc) is 2.38. The molecule has 4 N–H and O–H groups in total. The molecule has 0 aliphatic rings. The summed E-state index contributed by atoms with van der Waals surface area (Å²) in [5.41, 5.74) is 6.35. The van der Waals surface area contributed by atoms with E-state index in [-0.39, 0.29) is 23.9 Å². The summed E-state index contributed by atoms with van der Waals surface area (Å²) in [5.74, 6) is -0.822. The van der Waals surface area contributed by atoms with Crippen molar-refractivity contribution in [2.75, 3.05) is 11.9 Å². The van der Waals surface area contributed by atoms with Crippen LogP contribution in [0, 0.1) is 5.82 Å². The number of pyridine rings is 1. The number of hydrogen-bond donors (Lipinski definition) is 3. The molecule has 0 saturated carbocycles. The normalized spacial score (nSPS) is 10.2. The first kappa shape index (κ1) is 12.8. The minimum absolute atomic E-state index is 0.108. The molecule has 2 aromatic rings. The number of hydrogen-bond acceptors (Lipinski definition) is 4. The number of halogens is 1. The topological polar surface area (TPSA) is 88.2 Å². The van der Waals surface area contributed by atoms with Gasteiger partial charge in [-0.15, -0.1) is 0 Å². The molecule has 0 bridgehead atoms. The fourth-order valence-electron chi connectivity index (χ4n) is 1.56. The maximum Gasteiger partial charge on any atom is 0.236 e. The zero-order valence-electron chi connectivity index (χ0n) is 9.93. The van der Waals surface area contributed by atoms with Crippen LogP contribution in [0.25, 0.3) is 11.1 Å².